The van der Waals surface area contributed by atoms with E-state index in [0.717, 1.165) is 30.2 Å². The molecule has 7 nitrogen and oxygen atoms in total. The van der Waals surface area contributed by atoms with E-state index < -0.39 is 0 Å². The molecule has 0 aliphatic carbocycles. The van der Waals surface area contributed by atoms with E-state index in [1.807, 2.05) is 42.5 Å². The van der Waals surface area contributed by atoms with Crippen LogP contribution in [0.5, 0.6) is 0 Å². The summed E-state index contributed by atoms with van der Waals surface area (Å²) in [7, 11) is 0. The van der Waals surface area contributed by atoms with Crippen molar-refractivity contribution in [1.82, 2.24) is 10.3 Å². The van der Waals surface area contributed by atoms with Crippen molar-refractivity contribution in [2.75, 3.05) is 29.4 Å². The fraction of sp³-hybridized carbons (Fsp3) is 0.391. The summed E-state index contributed by atoms with van der Waals surface area (Å²) in [5.74, 6) is 0.634. The quantitative estimate of drug-likeness (QED) is 0.693. The number of nitriles is 1. The van der Waals surface area contributed by atoms with Gasteiger partial charge in [0, 0.05) is 50.9 Å². The van der Waals surface area contributed by atoms with Crippen LogP contribution in [0.15, 0.2) is 48.7 Å². The lowest BCUT2D eigenvalue weighted by atomic mass is 10.2. The zero-order valence-corrected chi connectivity index (χ0v) is 17.1. The summed E-state index contributed by atoms with van der Waals surface area (Å²) in [5.41, 5.74) is 1.67. The minimum Gasteiger partial charge on any atom is -0.357 e. The molecule has 2 amide bonds. The number of nitrogens with one attached hydrogen (secondary N) is 1. The Morgan fingerprint density at radius 1 is 1.10 bits per heavy atom. The van der Waals surface area contributed by atoms with Gasteiger partial charge in [0.05, 0.1) is 12.5 Å². The Labute approximate surface area is 177 Å². The van der Waals surface area contributed by atoms with Crippen LogP contribution in [0, 0.1) is 11.3 Å². The van der Waals surface area contributed by atoms with E-state index in [0.29, 0.717) is 13.1 Å². The largest absolute Gasteiger partial charge is 0.357 e. The first-order valence-corrected chi connectivity index (χ1v) is 10.4. The number of pyridine rings is 1. The molecule has 1 aromatic carbocycles. The lowest BCUT2D eigenvalue weighted by Gasteiger charge is -2.21. The lowest BCUT2D eigenvalue weighted by molar-refractivity contribution is -0.125. The standard InChI is InChI=1S/C23H27N5O2/c24-13-6-16-28(20-7-2-1-3-8-20)23(30)12-11-22(29)26-18-19-9-10-21(25-17-19)27-14-4-5-15-27/h1-3,7-10,17H,4-6,11-12,14-16,18H2,(H,26,29). The van der Waals surface area contributed by atoms with Crippen molar-refractivity contribution in [2.45, 2.75) is 38.6 Å². The average molecular weight is 406 g/mol. The molecular formula is C23H27N5O2. The molecule has 156 valence electrons. The highest BCUT2D eigenvalue weighted by atomic mass is 16.2. The van der Waals surface area contributed by atoms with Crippen molar-refractivity contribution < 1.29 is 9.59 Å². The van der Waals surface area contributed by atoms with Crippen LogP contribution >= 0.6 is 0 Å². The summed E-state index contributed by atoms with van der Waals surface area (Å²) in [6.07, 6.45) is 4.64. The topological polar surface area (TPSA) is 89.3 Å². The van der Waals surface area contributed by atoms with E-state index >= 15 is 0 Å². The van der Waals surface area contributed by atoms with Crippen LogP contribution in [0.3, 0.4) is 0 Å². The normalized spacial score (nSPS) is 13.0. The van der Waals surface area contributed by atoms with Crippen LogP contribution in [0.25, 0.3) is 0 Å². The van der Waals surface area contributed by atoms with E-state index in [2.05, 4.69) is 21.3 Å². The molecule has 3 rings (SSSR count). The average Bonchev–Trinajstić information content (AvgIpc) is 3.32. The first-order chi connectivity index (χ1) is 14.7. The summed E-state index contributed by atoms with van der Waals surface area (Å²) in [6.45, 7) is 2.80. The van der Waals surface area contributed by atoms with Crippen LogP contribution < -0.4 is 15.1 Å². The molecule has 2 aromatic rings. The number of rotatable bonds is 9. The van der Waals surface area contributed by atoms with E-state index in [1.165, 1.54) is 12.8 Å². The fourth-order valence-electron chi connectivity index (χ4n) is 3.47. The van der Waals surface area contributed by atoms with Crippen LogP contribution in [0.2, 0.25) is 0 Å². The second-order valence-corrected chi connectivity index (χ2v) is 7.28. The van der Waals surface area contributed by atoms with Gasteiger partial charge in [0.1, 0.15) is 5.82 Å². The summed E-state index contributed by atoms with van der Waals surface area (Å²) >= 11 is 0. The minimum atomic E-state index is -0.180. The molecule has 2 heterocycles. The van der Waals surface area contributed by atoms with Gasteiger partial charge in [0.15, 0.2) is 0 Å². The van der Waals surface area contributed by atoms with E-state index in [4.69, 9.17) is 5.26 Å². The monoisotopic (exact) mass is 405 g/mol. The Kier molecular flexibility index (Phi) is 7.78. The number of anilines is 2. The van der Waals surface area contributed by atoms with Crippen molar-refractivity contribution in [3.05, 3.63) is 54.2 Å². The maximum atomic E-state index is 12.6. The minimum absolute atomic E-state index is 0.0955. The van der Waals surface area contributed by atoms with Gasteiger partial charge in [-0.25, -0.2) is 4.98 Å². The van der Waals surface area contributed by atoms with Crippen molar-refractivity contribution in [3.8, 4) is 6.07 Å². The van der Waals surface area contributed by atoms with Gasteiger partial charge in [-0.1, -0.05) is 24.3 Å². The highest BCUT2D eigenvalue weighted by Gasteiger charge is 2.17. The van der Waals surface area contributed by atoms with E-state index in [1.54, 1.807) is 11.1 Å². The van der Waals surface area contributed by atoms with Gasteiger partial charge >= 0.3 is 0 Å². The molecule has 1 aliphatic heterocycles. The summed E-state index contributed by atoms with van der Waals surface area (Å²) in [4.78, 5) is 33.1. The number of carbonyl (C=O) groups is 2. The highest BCUT2D eigenvalue weighted by molar-refractivity contribution is 5.95. The Morgan fingerprint density at radius 3 is 2.53 bits per heavy atom. The second kappa shape index (κ2) is 11.0. The number of aromatic nitrogens is 1. The first-order valence-electron chi connectivity index (χ1n) is 10.4. The highest BCUT2D eigenvalue weighted by Crippen LogP contribution is 2.18. The molecule has 1 N–H and O–H groups in total. The Bertz CT molecular complexity index is 871. The van der Waals surface area contributed by atoms with Gasteiger partial charge in [0.25, 0.3) is 0 Å². The molecule has 0 atom stereocenters. The van der Waals surface area contributed by atoms with Crippen molar-refractivity contribution in [3.63, 3.8) is 0 Å². The van der Waals surface area contributed by atoms with Gasteiger partial charge in [-0.05, 0) is 36.6 Å². The van der Waals surface area contributed by atoms with Crippen molar-refractivity contribution in [1.29, 1.82) is 5.26 Å². The smallest absolute Gasteiger partial charge is 0.227 e. The Hall–Kier alpha value is -3.40. The van der Waals surface area contributed by atoms with Crippen LogP contribution in [-0.2, 0) is 16.1 Å². The molecule has 0 bridgehead atoms. The second-order valence-electron chi connectivity index (χ2n) is 7.28. The van der Waals surface area contributed by atoms with Crippen molar-refractivity contribution >= 4 is 23.3 Å². The number of nitrogens with zero attached hydrogens (tertiary/aromatic N) is 4. The van der Waals surface area contributed by atoms with Crippen LogP contribution in [0.1, 0.15) is 37.7 Å². The van der Waals surface area contributed by atoms with Gasteiger partial charge in [-0.2, -0.15) is 5.26 Å². The lowest BCUT2D eigenvalue weighted by Crippen LogP contribution is -2.33. The SMILES string of the molecule is N#CCCN(C(=O)CCC(=O)NCc1ccc(N2CCCC2)nc1)c1ccccc1. The van der Waals surface area contributed by atoms with Gasteiger partial charge in [-0.15, -0.1) is 0 Å². The predicted octanol–water partition coefficient (Wildman–Crippen LogP) is 3.03. The van der Waals surface area contributed by atoms with Crippen LogP contribution in [0.4, 0.5) is 11.5 Å². The van der Waals surface area contributed by atoms with E-state index in [9.17, 15) is 9.59 Å². The Morgan fingerprint density at radius 2 is 1.87 bits per heavy atom. The molecule has 1 aliphatic rings. The maximum Gasteiger partial charge on any atom is 0.227 e. The summed E-state index contributed by atoms with van der Waals surface area (Å²) in [6, 6.07) is 15.2. The van der Waals surface area contributed by atoms with Gasteiger partial charge in [-0.3, -0.25) is 9.59 Å². The molecular weight excluding hydrogens is 378 g/mol. The third-order valence-electron chi connectivity index (χ3n) is 5.11. The molecule has 1 fully saturated rings. The molecule has 30 heavy (non-hydrogen) atoms. The number of benzene rings is 1. The molecule has 0 spiro atoms. The fourth-order valence-corrected chi connectivity index (χ4v) is 3.47. The molecule has 1 saturated heterocycles. The number of amides is 2. The molecule has 0 unspecified atom stereocenters. The van der Waals surface area contributed by atoms with Gasteiger partial charge in [0.2, 0.25) is 11.8 Å². The maximum absolute atomic E-state index is 12.6. The molecule has 0 radical (unpaired) electrons. The first kappa shape index (κ1) is 21.3. The van der Waals surface area contributed by atoms with Crippen LogP contribution in [-0.4, -0.2) is 36.4 Å². The molecule has 0 saturated carbocycles. The summed E-state index contributed by atoms with van der Waals surface area (Å²) in [5, 5.41) is 11.7. The Balaban J connectivity index is 1.46. The zero-order chi connectivity index (χ0) is 21.2. The van der Waals surface area contributed by atoms with E-state index in [-0.39, 0.29) is 31.1 Å². The third-order valence-corrected chi connectivity index (χ3v) is 5.11. The number of hydrogen-bond acceptors (Lipinski definition) is 5. The summed E-state index contributed by atoms with van der Waals surface area (Å²) < 4.78 is 0. The third kappa shape index (κ3) is 6.05. The molecule has 1 aromatic heterocycles. The van der Waals surface area contributed by atoms with Crippen molar-refractivity contribution in [2.24, 2.45) is 0 Å². The zero-order valence-electron chi connectivity index (χ0n) is 17.1. The number of carbonyl (C=O) groups excluding carboxylic acids is 2. The predicted molar refractivity (Wildman–Crippen MR) is 116 cm³/mol. The number of hydrogen-bond donors (Lipinski definition) is 1. The number of para-hydroxylation sites is 1. The van der Waals surface area contributed by atoms with Gasteiger partial charge < -0.3 is 15.1 Å². The molecule has 7 heteroatoms.